The number of hydrogen-bond acceptors (Lipinski definition) is 4. The van der Waals surface area contributed by atoms with Crippen LogP contribution in [0.4, 0.5) is 11.4 Å². The molecule has 2 saturated heterocycles. The van der Waals surface area contributed by atoms with E-state index in [1.54, 1.807) is 0 Å². The summed E-state index contributed by atoms with van der Waals surface area (Å²) in [6.45, 7) is 11.0. The van der Waals surface area contributed by atoms with Crippen LogP contribution in [0, 0.1) is 25.7 Å². The lowest BCUT2D eigenvalue weighted by atomic mass is 9.91. The number of anilines is 2. The van der Waals surface area contributed by atoms with Crippen LogP contribution < -0.4 is 15.1 Å². The van der Waals surface area contributed by atoms with Crippen molar-refractivity contribution in [1.82, 2.24) is 19.9 Å². The third kappa shape index (κ3) is 4.86. The standard InChI is InChI=1S/C32H35ClN6S/c1-20-15-21(2)19-37(18-20)28-12-11-24(17-26(28)33)39-31(30(36-32(39)40)27-9-5-7-13-34-27)25-16-22(3)38(23(25)4)29-10-6-8-14-35-29/h5-14,16-17,20-21,30-31H,15,18-19H2,1-4H3,(H,36,40)/t20-,21-,30+,31-/m1/s1. The van der Waals surface area contributed by atoms with E-state index in [9.17, 15) is 0 Å². The van der Waals surface area contributed by atoms with Crippen LogP contribution in [-0.4, -0.2) is 32.7 Å². The maximum Gasteiger partial charge on any atom is 0.174 e. The highest BCUT2D eigenvalue weighted by Gasteiger charge is 2.42. The van der Waals surface area contributed by atoms with E-state index in [0.29, 0.717) is 16.9 Å². The van der Waals surface area contributed by atoms with Crippen LogP contribution in [0.3, 0.4) is 0 Å². The van der Waals surface area contributed by atoms with E-state index >= 15 is 0 Å². The first kappa shape index (κ1) is 26.8. The van der Waals surface area contributed by atoms with Gasteiger partial charge in [0.15, 0.2) is 5.11 Å². The Morgan fingerprint density at radius 2 is 1.65 bits per heavy atom. The largest absolute Gasteiger partial charge is 0.370 e. The fourth-order valence-corrected chi connectivity index (χ4v) is 7.28. The molecule has 206 valence electrons. The van der Waals surface area contributed by atoms with Crippen molar-refractivity contribution >= 4 is 40.3 Å². The van der Waals surface area contributed by atoms with E-state index in [1.807, 2.05) is 42.7 Å². The monoisotopic (exact) mass is 570 g/mol. The second-order valence-electron chi connectivity index (χ2n) is 11.3. The Kier molecular flexibility index (Phi) is 7.27. The smallest absolute Gasteiger partial charge is 0.174 e. The molecule has 6 nitrogen and oxygen atoms in total. The number of rotatable bonds is 5. The fraction of sp³-hybridized carbons (Fsp3) is 0.344. The van der Waals surface area contributed by atoms with Crippen LogP contribution >= 0.6 is 23.8 Å². The fourth-order valence-electron chi connectivity index (χ4n) is 6.64. The molecule has 8 heteroatoms. The molecule has 1 N–H and O–H groups in total. The first-order chi connectivity index (χ1) is 19.3. The zero-order valence-electron chi connectivity index (χ0n) is 23.4. The normalized spacial score (nSPS) is 23.0. The highest BCUT2D eigenvalue weighted by atomic mass is 35.5. The molecule has 2 aliphatic rings. The molecule has 2 aliphatic heterocycles. The van der Waals surface area contributed by atoms with Crippen LogP contribution in [0.15, 0.2) is 73.1 Å². The first-order valence-corrected chi connectivity index (χ1v) is 14.8. The number of hydrogen-bond donors (Lipinski definition) is 1. The number of aromatic nitrogens is 3. The summed E-state index contributed by atoms with van der Waals surface area (Å²) >= 11 is 13.0. The molecule has 0 radical (unpaired) electrons. The highest BCUT2D eigenvalue weighted by molar-refractivity contribution is 7.80. The summed E-state index contributed by atoms with van der Waals surface area (Å²) in [6, 6.07) is 20.4. The molecule has 1 aromatic carbocycles. The van der Waals surface area contributed by atoms with Gasteiger partial charge in [-0.25, -0.2) is 4.98 Å². The van der Waals surface area contributed by atoms with Gasteiger partial charge in [0.2, 0.25) is 0 Å². The van der Waals surface area contributed by atoms with Gasteiger partial charge in [0.1, 0.15) is 5.82 Å². The topological polar surface area (TPSA) is 49.2 Å². The van der Waals surface area contributed by atoms with Crippen molar-refractivity contribution in [2.75, 3.05) is 22.9 Å². The zero-order valence-corrected chi connectivity index (χ0v) is 25.0. The Morgan fingerprint density at radius 3 is 2.30 bits per heavy atom. The Labute approximate surface area is 247 Å². The van der Waals surface area contributed by atoms with Crippen molar-refractivity contribution in [3.63, 3.8) is 0 Å². The third-order valence-electron chi connectivity index (χ3n) is 8.18. The van der Waals surface area contributed by atoms with Crippen LogP contribution in [0.2, 0.25) is 5.02 Å². The molecule has 0 unspecified atom stereocenters. The molecule has 3 aromatic heterocycles. The molecule has 0 bridgehead atoms. The lowest BCUT2D eigenvalue weighted by molar-refractivity contribution is 0.357. The predicted molar refractivity (Wildman–Crippen MR) is 168 cm³/mol. The van der Waals surface area contributed by atoms with Gasteiger partial charge in [-0.2, -0.15) is 0 Å². The van der Waals surface area contributed by atoms with Gasteiger partial charge in [0.05, 0.1) is 28.5 Å². The summed E-state index contributed by atoms with van der Waals surface area (Å²) in [5.41, 5.74) is 6.41. The van der Waals surface area contributed by atoms with Gasteiger partial charge in [-0.1, -0.05) is 37.6 Å². The summed E-state index contributed by atoms with van der Waals surface area (Å²) in [5.74, 6) is 2.19. The van der Waals surface area contributed by atoms with Gasteiger partial charge in [0.25, 0.3) is 0 Å². The minimum absolute atomic E-state index is 0.122. The Morgan fingerprint density at radius 1 is 0.925 bits per heavy atom. The Balaban J connectivity index is 1.44. The van der Waals surface area contributed by atoms with E-state index < -0.39 is 0 Å². The van der Waals surface area contributed by atoms with Crippen molar-refractivity contribution in [3.05, 3.63) is 101 Å². The van der Waals surface area contributed by atoms with E-state index in [2.05, 4.69) is 82.7 Å². The van der Waals surface area contributed by atoms with Gasteiger partial charge in [0, 0.05) is 42.6 Å². The first-order valence-electron chi connectivity index (χ1n) is 14.0. The molecule has 0 spiro atoms. The van der Waals surface area contributed by atoms with Crippen molar-refractivity contribution in [2.45, 2.75) is 46.2 Å². The lowest BCUT2D eigenvalue weighted by Crippen LogP contribution is -2.38. The average molecular weight is 571 g/mol. The number of nitrogens with one attached hydrogen (secondary N) is 1. The summed E-state index contributed by atoms with van der Waals surface area (Å²) < 4.78 is 2.21. The van der Waals surface area contributed by atoms with E-state index in [1.165, 1.54) is 12.0 Å². The van der Waals surface area contributed by atoms with Gasteiger partial charge in [-0.3, -0.25) is 4.98 Å². The molecule has 40 heavy (non-hydrogen) atoms. The number of halogens is 1. The summed E-state index contributed by atoms with van der Waals surface area (Å²) in [4.78, 5) is 14.0. The minimum Gasteiger partial charge on any atom is -0.370 e. The summed E-state index contributed by atoms with van der Waals surface area (Å²) in [6.07, 6.45) is 4.92. The van der Waals surface area contributed by atoms with Gasteiger partial charge in [-0.15, -0.1) is 0 Å². The lowest BCUT2D eigenvalue weighted by Gasteiger charge is -2.37. The minimum atomic E-state index is -0.131. The van der Waals surface area contributed by atoms with Crippen molar-refractivity contribution < 1.29 is 0 Å². The van der Waals surface area contributed by atoms with Crippen LogP contribution in [0.25, 0.3) is 5.82 Å². The second-order valence-corrected chi connectivity index (χ2v) is 12.1. The second kappa shape index (κ2) is 10.9. The van der Waals surface area contributed by atoms with Crippen molar-refractivity contribution in [3.8, 4) is 5.82 Å². The van der Waals surface area contributed by atoms with Gasteiger partial charge >= 0.3 is 0 Å². The average Bonchev–Trinajstić information content (AvgIpc) is 3.43. The molecule has 2 fully saturated rings. The maximum atomic E-state index is 7.02. The SMILES string of the molecule is Cc1cc([C@@H]2[C@H](c3ccccn3)NC(=S)N2c2ccc(N3C[C@H](C)C[C@@H](C)C3)c(Cl)c2)c(C)n1-c1ccccn1. The number of aryl methyl sites for hydroxylation is 1. The molecule has 4 aromatic rings. The van der Waals surface area contributed by atoms with E-state index in [-0.39, 0.29) is 12.1 Å². The van der Waals surface area contributed by atoms with Crippen LogP contribution in [0.5, 0.6) is 0 Å². The quantitative estimate of drug-likeness (QED) is 0.256. The summed E-state index contributed by atoms with van der Waals surface area (Å²) in [7, 11) is 0. The van der Waals surface area contributed by atoms with E-state index in [4.69, 9.17) is 28.8 Å². The number of pyridine rings is 2. The van der Waals surface area contributed by atoms with Gasteiger partial charge in [-0.05, 0) is 98.4 Å². The van der Waals surface area contributed by atoms with Crippen LogP contribution in [-0.2, 0) is 0 Å². The highest BCUT2D eigenvalue weighted by Crippen LogP contribution is 2.45. The van der Waals surface area contributed by atoms with Crippen molar-refractivity contribution in [2.24, 2.45) is 11.8 Å². The molecular weight excluding hydrogens is 536 g/mol. The zero-order chi connectivity index (χ0) is 28.0. The summed E-state index contributed by atoms with van der Waals surface area (Å²) in [5, 5.41) is 5.00. The number of thiocarbonyl (C=S) groups is 1. The third-order valence-corrected chi connectivity index (χ3v) is 8.80. The number of nitrogens with zero attached hydrogens (tertiary/aromatic N) is 5. The van der Waals surface area contributed by atoms with Crippen molar-refractivity contribution in [1.29, 1.82) is 0 Å². The number of benzene rings is 1. The molecule has 0 saturated carbocycles. The Hall–Kier alpha value is -3.42. The molecule has 5 heterocycles. The number of piperidine rings is 1. The molecule has 4 atom stereocenters. The Bertz CT molecular complexity index is 1510. The van der Waals surface area contributed by atoms with E-state index in [0.717, 1.165) is 52.4 Å². The maximum absolute atomic E-state index is 7.02. The van der Waals surface area contributed by atoms with Crippen LogP contribution in [0.1, 0.15) is 55.0 Å². The van der Waals surface area contributed by atoms with Gasteiger partial charge < -0.3 is 19.7 Å². The molecular formula is C32H35ClN6S. The predicted octanol–water partition coefficient (Wildman–Crippen LogP) is 7.20. The molecule has 6 rings (SSSR count). The molecule has 0 amide bonds. The molecule has 0 aliphatic carbocycles.